The van der Waals surface area contributed by atoms with E-state index in [2.05, 4.69) is 19.2 Å². The van der Waals surface area contributed by atoms with Crippen LogP contribution >= 0.6 is 0 Å². The molecule has 0 saturated carbocycles. The van der Waals surface area contributed by atoms with Crippen molar-refractivity contribution in [2.45, 2.75) is 26.7 Å². The molecule has 2 nitrogen and oxygen atoms in total. The molecule has 0 amide bonds. The average molecular weight is 183 g/mol. The van der Waals surface area contributed by atoms with Gasteiger partial charge in [-0.1, -0.05) is 20.3 Å². The van der Waals surface area contributed by atoms with Gasteiger partial charge in [0.05, 0.1) is 6.61 Å². The normalized spacial score (nSPS) is 45.7. The summed E-state index contributed by atoms with van der Waals surface area (Å²) in [5, 5.41) is 3.50. The van der Waals surface area contributed by atoms with Crippen LogP contribution in [0.1, 0.15) is 26.7 Å². The maximum atomic E-state index is 5.67. The van der Waals surface area contributed by atoms with Crippen LogP contribution in [0.3, 0.4) is 0 Å². The largest absolute Gasteiger partial charge is 0.381 e. The lowest BCUT2D eigenvalue weighted by Crippen LogP contribution is -2.32. The van der Waals surface area contributed by atoms with Gasteiger partial charge < -0.3 is 10.1 Å². The molecule has 0 spiro atoms. The summed E-state index contributed by atoms with van der Waals surface area (Å²) in [6, 6.07) is 0. The van der Waals surface area contributed by atoms with Gasteiger partial charge in [0, 0.05) is 13.2 Å². The second-order valence-corrected chi connectivity index (χ2v) is 4.86. The fraction of sp³-hybridized carbons (Fsp3) is 1.00. The molecule has 2 heterocycles. The predicted molar refractivity (Wildman–Crippen MR) is 53.7 cm³/mol. The second-order valence-electron chi connectivity index (χ2n) is 4.86. The molecule has 76 valence electrons. The van der Waals surface area contributed by atoms with Crippen LogP contribution in [0.4, 0.5) is 0 Å². The molecule has 13 heavy (non-hydrogen) atoms. The number of ether oxygens (including phenoxy) is 1. The summed E-state index contributed by atoms with van der Waals surface area (Å²) >= 11 is 0. The van der Waals surface area contributed by atoms with Crippen LogP contribution in [0.5, 0.6) is 0 Å². The number of hydrogen-bond acceptors (Lipinski definition) is 2. The van der Waals surface area contributed by atoms with Crippen molar-refractivity contribution in [1.29, 1.82) is 0 Å². The van der Waals surface area contributed by atoms with Gasteiger partial charge in [-0.2, -0.15) is 0 Å². The number of fused-ring (bicyclic) bond motifs is 1. The molecule has 0 aromatic carbocycles. The summed E-state index contributed by atoms with van der Waals surface area (Å²) < 4.78 is 5.67. The van der Waals surface area contributed by atoms with E-state index in [4.69, 9.17) is 4.74 Å². The first-order valence-corrected chi connectivity index (χ1v) is 5.55. The summed E-state index contributed by atoms with van der Waals surface area (Å²) in [5.74, 6) is 1.62. The number of nitrogens with one attached hydrogen (secondary N) is 1. The maximum absolute atomic E-state index is 5.67. The lowest BCUT2D eigenvalue weighted by molar-refractivity contribution is 0.115. The van der Waals surface area contributed by atoms with Crippen LogP contribution in [0.25, 0.3) is 0 Å². The van der Waals surface area contributed by atoms with E-state index in [1.807, 2.05) is 0 Å². The lowest BCUT2D eigenvalue weighted by Gasteiger charge is -2.35. The summed E-state index contributed by atoms with van der Waals surface area (Å²) in [4.78, 5) is 0. The third-order valence-electron chi connectivity index (χ3n) is 4.19. The molecule has 2 heteroatoms. The Morgan fingerprint density at radius 1 is 1.46 bits per heavy atom. The summed E-state index contributed by atoms with van der Waals surface area (Å²) in [5.41, 5.74) is 0.519. The topological polar surface area (TPSA) is 21.3 Å². The Bertz CT molecular complexity index is 183. The summed E-state index contributed by atoms with van der Waals surface area (Å²) in [6.07, 6.45) is 2.53. The molecule has 2 aliphatic heterocycles. The molecule has 0 bridgehead atoms. The van der Waals surface area contributed by atoms with E-state index in [-0.39, 0.29) is 0 Å². The first-order chi connectivity index (χ1) is 6.26. The van der Waals surface area contributed by atoms with E-state index in [1.54, 1.807) is 0 Å². The number of rotatable bonds is 1. The minimum Gasteiger partial charge on any atom is -0.381 e. The predicted octanol–water partition coefficient (Wildman–Crippen LogP) is 1.66. The minimum atomic E-state index is 0.519. The van der Waals surface area contributed by atoms with Gasteiger partial charge in [-0.05, 0) is 30.2 Å². The van der Waals surface area contributed by atoms with Crippen LogP contribution in [0.15, 0.2) is 0 Å². The number of hydrogen-bond donors (Lipinski definition) is 1. The molecular formula is C11H21NO. The van der Waals surface area contributed by atoms with Gasteiger partial charge in [0.15, 0.2) is 0 Å². The Kier molecular flexibility index (Phi) is 2.61. The monoisotopic (exact) mass is 183 g/mol. The van der Waals surface area contributed by atoms with Gasteiger partial charge in [0.25, 0.3) is 0 Å². The highest BCUT2D eigenvalue weighted by Crippen LogP contribution is 2.42. The molecule has 0 radical (unpaired) electrons. The van der Waals surface area contributed by atoms with Gasteiger partial charge in [0.2, 0.25) is 0 Å². The van der Waals surface area contributed by atoms with Crippen LogP contribution < -0.4 is 5.32 Å². The van der Waals surface area contributed by atoms with Gasteiger partial charge >= 0.3 is 0 Å². The fourth-order valence-electron chi connectivity index (χ4n) is 2.89. The summed E-state index contributed by atoms with van der Waals surface area (Å²) in [7, 11) is 0. The fourth-order valence-corrected chi connectivity index (χ4v) is 2.89. The van der Waals surface area contributed by atoms with Crippen molar-refractivity contribution in [1.82, 2.24) is 5.32 Å². The molecule has 0 aromatic rings. The molecule has 1 N–H and O–H groups in total. The zero-order valence-electron chi connectivity index (χ0n) is 8.81. The standard InChI is InChI=1S/C11H21NO/c1-3-11(2)4-5-13-8-9-6-12-7-10(9)11/h9-10,12H,3-8H2,1-2H3. The van der Waals surface area contributed by atoms with Crippen molar-refractivity contribution in [3.8, 4) is 0 Å². The van der Waals surface area contributed by atoms with Gasteiger partial charge in [-0.25, -0.2) is 0 Å². The first kappa shape index (κ1) is 9.47. The smallest absolute Gasteiger partial charge is 0.0509 e. The highest BCUT2D eigenvalue weighted by atomic mass is 16.5. The van der Waals surface area contributed by atoms with Gasteiger partial charge in [-0.15, -0.1) is 0 Å². The van der Waals surface area contributed by atoms with Crippen molar-refractivity contribution in [3.63, 3.8) is 0 Å². The average Bonchev–Trinajstić information content (AvgIpc) is 2.55. The Morgan fingerprint density at radius 3 is 3.08 bits per heavy atom. The van der Waals surface area contributed by atoms with Crippen LogP contribution in [0, 0.1) is 17.3 Å². The highest BCUT2D eigenvalue weighted by molar-refractivity contribution is 4.93. The highest BCUT2D eigenvalue weighted by Gasteiger charge is 2.42. The Balaban J connectivity index is 2.15. The molecule has 3 atom stereocenters. The van der Waals surface area contributed by atoms with E-state index >= 15 is 0 Å². The Labute approximate surface area is 81.0 Å². The molecule has 0 aliphatic carbocycles. The minimum absolute atomic E-state index is 0.519. The van der Waals surface area contributed by atoms with Crippen molar-refractivity contribution < 1.29 is 4.74 Å². The van der Waals surface area contributed by atoms with Crippen LogP contribution in [0.2, 0.25) is 0 Å². The molecule has 2 aliphatic rings. The van der Waals surface area contributed by atoms with Crippen molar-refractivity contribution in [3.05, 3.63) is 0 Å². The van der Waals surface area contributed by atoms with Crippen LogP contribution in [-0.4, -0.2) is 26.3 Å². The molecular weight excluding hydrogens is 162 g/mol. The maximum Gasteiger partial charge on any atom is 0.0509 e. The molecule has 2 saturated heterocycles. The first-order valence-electron chi connectivity index (χ1n) is 5.55. The zero-order chi connectivity index (χ0) is 9.31. The second kappa shape index (κ2) is 3.58. The summed E-state index contributed by atoms with van der Waals surface area (Å²) in [6.45, 7) is 9.08. The third kappa shape index (κ3) is 1.62. The van der Waals surface area contributed by atoms with Crippen molar-refractivity contribution in [2.24, 2.45) is 17.3 Å². The zero-order valence-corrected chi connectivity index (χ0v) is 8.81. The molecule has 0 aromatic heterocycles. The molecule has 3 unspecified atom stereocenters. The van der Waals surface area contributed by atoms with E-state index in [0.29, 0.717) is 5.41 Å². The Morgan fingerprint density at radius 2 is 2.31 bits per heavy atom. The van der Waals surface area contributed by atoms with Gasteiger partial charge in [-0.3, -0.25) is 0 Å². The quantitative estimate of drug-likeness (QED) is 0.667. The van der Waals surface area contributed by atoms with Crippen molar-refractivity contribution >= 4 is 0 Å². The molecule has 2 fully saturated rings. The lowest BCUT2D eigenvalue weighted by atomic mass is 9.69. The van der Waals surface area contributed by atoms with E-state index in [0.717, 1.165) is 25.0 Å². The third-order valence-corrected chi connectivity index (χ3v) is 4.19. The van der Waals surface area contributed by atoms with E-state index in [1.165, 1.54) is 25.9 Å². The Hall–Kier alpha value is -0.0800. The van der Waals surface area contributed by atoms with Crippen LogP contribution in [-0.2, 0) is 4.74 Å². The van der Waals surface area contributed by atoms with E-state index in [9.17, 15) is 0 Å². The van der Waals surface area contributed by atoms with Crippen molar-refractivity contribution in [2.75, 3.05) is 26.3 Å². The molecule has 2 rings (SSSR count). The SMILES string of the molecule is CCC1(C)CCOCC2CNCC21. The van der Waals surface area contributed by atoms with E-state index < -0.39 is 0 Å². The van der Waals surface area contributed by atoms with Gasteiger partial charge in [0.1, 0.15) is 0 Å².